The van der Waals surface area contributed by atoms with Crippen molar-refractivity contribution in [2.45, 2.75) is 6.92 Å². The Balaban J connectivity index is 1.93. The fourth-order valence-electron chi connectivity index (χ4n) is 2.12. The van der Waals surface area contributed by atoms with Gasteiger partial charge in [0.25, 0.3) is 11.6 Å². The third-order valence-electron chi connectivity index (χ3n) is 3.34. The van der Waals surface area contributed by atoms with Crippen LogP contribution in [0.15, 0.2) is 48.5 Å². The zero-order valence-corrected chi connectivity index (χ0v) is 15.5. The van der Waals surface area contributed by atoms with E-state index in [9.17, 15) is 14.9 Å². The summed E-state index contributed by atoms with van der Waals surface area (Å²) < 4.78 is 10.7. The van der Waals surface area contributed by atoms with Gasteiger partial charge in [0.15, 0.2) is 5.11 Å². The number of nitrogens with zero attached hydrogens (tertiary/aromatic N) is 1. The van der Waals surface area contributed by atoms with Gasteiger partial charge in [0.2, 0.25) is 0 Å². The first-order valence-corrected chi connectivity index (χ1v) is 8.58. The van der Waals surface area contributed by atoms with E-state index < -0.39 is 10.8 Å². The predicted molar refractivity (Wildman–Crippen MR) is 105 cm³/mol. The second kappa shape index (κ2) is 10.2. The van der Waals surface area contributed by atoms with Crippen molar-refractivity contribution in [1.29, 1.82) is 0 Å². The van der Waals surface area contributed by atoms with Gasteiger partial charge in [0.1, 0.15) is 12.4 Å². The van der Waals surface area contributed by atoms with Crippen LogP contribution in [0.4, 0.5) is 11.4 Å². The molecule has 142 valence electrons. The molecule has 27 heavy (non-hydrogen) atoms. The van der Waals surface area contributed by atoms with Gasteiger partial charge in [-0.05, 0) is 43.4 Å². The maximum absolute atomic E-state index is 12.3. The van der Waals surface area contributed by atoms with Crippen LogP contribution in [0.3, 0.4) is 0 Å². The van der Waals surface area contributed by atoms with Crippen molar-refractivity contribution in [2.75, 3.05) is 25.1 Å². The molecule has 0 aliphatic carbocycles. The number of hydrogen-bond donors (Lipinski definition) is 2. The summed E-state index contributed by atoms with van der Waals surface area (Å²) in [6, 6.07) is 12.5. The molecular formula is C18H19N3O5S. The highest BCUT2D eigenvalue weighted by Crippen LogP contribution is 2.17. The van der Waals surface area contributed by atoms with Crippen molar-refractivity contribution in [2.24, 2.45) is 0 Å². The van der Waals surface area contributed by atoms with E-state index in [-0.39, 0.29) is 10.8 Å². The number of nitrogens with one attached hydrogen (secondary N) is 2. The van der Waals surface area contributed by atoms with Gasteiger partial charge < -0.3 is 14.8 Å². The van der Waals surface area contributed by atoms with Crippen LogP contribution in [-0.2, 0) is 4.74 Å². The highest BCUT2D eigenvalue weighted by atomic mass is 32.1. The smallest absolute Gasteiger partial charge is 0.271 e. The fourth-order valence-corrected chi connectivity index (χ4v) is 2.34. The normalized spacial score (nSPS) is 10.1. The molecule has 0 aliphatic rings. The summed E-state index contributed by atoms with van der Waals surface area (Å²) in [5.41, 5.74) is 0.695. The lowest BCUT2D eigenvalue weighted by Gasteiger charge is -2.11. The van der Waals surface area contributed by atoms with Crippen molar-refractivity contribution < 1.29 is 19.2 Å². The van der Waals surface area contributed by atoms with E-state index in [0.29, 0.717) is 36.8 Å². The Kier molecular flexibility index (Phi) is 7.65. The van der Waals surface area contributed by atoms with Crippen LogP contribution in [0.1, 0.15) is 17.3 Å². The number of amides is 1. The molecule has 2 aromatic rings. The maximum atomic E-state index is 12.3. The first-order chi connectivity index (χ1) is 13.0. The van der Waals surface area contributed by atoms with Gasteiger partial charge in [-0.1, -0.05) is 12.1 Å². The third kappa shape index (κ3) is 6.65. The summed E-state index contributed by atoms with van der Waals surface area (Å²) in [5, 5.41) is 16.1. The summed E-state index contributed by atoms with van der Waals surface area (Å²) in [5.74, 6) is 0.119. The van der Waals surface area contributed by atoms with E-state index in [2.05, 4.69) is 10.6 Å². The van der Waals surface area contributed by atoms with Gasteiger partial charge in [-0.2, -0.15) is 0 Å². The van der Waals surface area contributed by atoms with Crippen molar-refractivity contribution in [3.8, 4) is 5.75 Å². The van der Waals surface area contributed by atoms with E-state index in [1.54, 1.807) is 30.3 Å². The molecule has 0 fully saturated rings. The van der Waals surface area contributed by atoms with E-state index in [1.807, 2.05) is 6.92 Å². The quantitative estimate of drug-likeness (QED) is 0.309. The van der Waals surface area contributed by atoms with Crippen LogP contribution in [0.2, 0.25) is 0 Å². The molecule has 2 rings (SSSR count). The zero-order valence-electron chi connectivity index (χ0n) is 14.6. The van der Waals surface area contributed by atoms with Gasteiger partial charge >= 0.3 is 0 Å². The molecule has 0 atom stereocenters. The first kappa shape index (κ1) is 20.3. The second-order valence-electron chi connectivity index (χ2n) is 5.29. The van der Waals surface area contributed by atoms with Crippen LogP contribution in [0.5, 0.6) is 5.75 Å². The topological polar surface area (TPSA) is 103 Å². The second-order valence-corrected chi connectivity index (χ2v) is 5.70. The Morgan fingerprint density at radius 1 is 1.19 bits per heavy atom. The molecule has 0 radical (unpaired) electrons. The van der Waals surface area contributed by atoms with Crippen molar-refractivity contribution >= 4 is 34.6 Å². The first-order valence-electron chi connectivity index (χ1n) is 8.17. The Hall–Kier alpha value is -3.04. The zero-order chi connectivity index (χ0) is 19.6. The maximum Gasteiger partial charge on any atom is 0.271 e. The van der Waals surface area contributed by atoms with Gasteiger partial charge in [-0.15, -0.1) is 0 Å². The number of nitro groups is 1. The summed E-state index contributed by atoms with van der Waals surface area (Å²) in [6.07, 6.45) is 0. The van der Waals surface area contributed by atoms with Crippen molar-refractivity contribution in [3.05, 3.63) is 64.2 Å². The van der Waals surface area contributed by atoms with Gasteiger partial charge in [0, 0.05) is 30.0 Å². The van der Waals surface area contributed by atoms with Crippen LogP contribution < -0.4 is 15.4 Å². The molecule has 0 spiro atoms. The van der Waals surface area contributed by atoms with Crippen molar-refractivity contribution in [3.63, 3.8) is 0 Å². The number of thiocarbonyl (C=S) groups is 1. The highest BCUT2D eigenvalue weighted by molar-refractivity contribution is 7.80. The number of anilines is 1. The van der Waals surface area contributed by atoms with Crippen LogP contribution in [0.25, 0.3) is 0 Å². The Morgan fingerprint density at radius 2 is 1.96 bits per heavy atom. The van der Waals surface area contributed by atoms with Gasteiger partial charge in [-0.3, -0.25) is 20.2 Å². The minimum absolute atomic E-state index is 0.0307. The van der Waals surface area contributed by atoms with Crippen LogP contribution >= 0.6 is 12.2 Å². The summed E-state index contributed by atoms with van der Waals surface area (Å²) >= 11 is 5.09. The predicted octanol–water partition coefficient (Wildman–Crippen LogP) is 3.14. The minimum atomic E-state index is -0.510. The fraction of sp³-hybridized carbons (Fsp3) is 0.222. The molecule has 0 saturated heterocycles. The Bertz CT molecular complexity index is 828. The van der Waals surface area contributed by atoms with E-state index in [4.69, 9.17) is 21.7 Å². The molecule has 0 saturated carbocycles. The van der Waals surface area contributed by atoms with E-state index in [0.717, 1.165) is 0 Å². The lowest BCUT2D eigenvalue weighted by atomic mass is 10.2. The molecule has 0 bridgehead atoms. The summed E-state index contributed by atoms with van der Waals surface area (Å²) in [6.45, 7) is 3.35. The number of carbonyl (C=O) groups excluding carboxylic acids is 1. The number of hydrogen-bond acceptors (Lipinski definition) is 6. The number of benzene rings is 2. The molecule has 2 aromatic carbocycles. The van der Waals surface area contributed by atoms with Gasteiger partial charge in [-0.25, -0.2) is 0 Å². The number of ether oxygens (including phenoxy) is 2. The Labute approximate surface area is 161 Å². The third-order valence-corrected chi connectivity index (χ3v) is 3.54. The highest BCUT2D eigenvalue weighted by Gasteiger charge is 2.11. The van der Waals surface area contributed by atoms with Gasteiger partial charge in [0.05, 0.1) is 11.5 Å². The SMILES string of the molecule is CCOCCOc1cccc(C(=O)NC(=S)Nc2cccc([N+](=O)[O-])c2)c1. The number of nitro benzene ring substituents is 1. The number of rotatable bonds is 8. The molecule has 8 nitrogen and oxygen atoms in total. The van der Waals surface area contributed by atoms with Crippen LogP contribution in [0, 0.1) is 10.1 Å². The standard InChI is InChI=1S/C18H19N3O5S/c1-2-25-9-10-26-16-8-3-5-13(11-16)17(22)20-18(27)19-14-6-4-7-15(12-14)21(23)24/h3-8,11-12H,2,9-10H2,1H3,(H2,19,20,22,27). The van der Waals surface area contributed by atoms with E-state index >= 15 is 0 Å². The molecular weight excluding hydrogens is 370 g/mol. The Morgan fingerprint density at radius 3 is 2.70 bits per heavy atom. The number of non-ortho nitro benzene ring substituents is 1. The average Bonchev–Trinajstić information content (AvgIpc) is 2.65. The largest absolute Gasteiger partial charge is 0.491 e. The monoisotopic (exact) mass is 389 g/mol. The lowest BCUT2D eigenvalue weighted by Crippen LogP contribution is -2.34. The average molecular weight is 389 g/mol. The number of carbonyl (C=O) groups is 1. The summed E-state index contributed by atoms with van der Waals surface area (Å²) in [7, 11) is 0. The molecule has 0 aliphatic heterocycles. The minimum Gasteiger partial charge on any atom is -0.491 e. The molecule has 1 amide bonds. The van der Waals surface area contributed by atoms with Crippen LogP contribution in [-0.4, -0.2) is 35.8 Å². The lowest BCUT2D eigenvalue weighted by molar-refractivity contribution is -0.384. The molecule has 0 heterocycles. The molecule has 2 N–H and O–H groups in total. The summed E-state index contributed by atoms with van der Waals surface area (Å²) in [4.78, 5) is 22.6. The van der Waals surface area contributed by atoms with Crippen molar-refractivity contribution in [1.82, 2.24) is 5.32 Å². The molecule has 0 aromatic heterocycles. The molecule has 0 unspecified atom stereocenters. The molecule has 9 heteroatoms. The van der Waals surface area contributed by atoms with E-state index in [1.165, 1.54) is 18.2 Å².